The van der Waals surface area contributed by atoms with Gasteiger partial charge in [0.2, 0.25) is 0 Å². The minimum absolute atomic E-state index is 0.102. The first-order chi connectivity index (χ1) is 3.79. The molecule has 0 bridgehead atoms. The molecule has 0 fully saturated rings. The standard InChI is InChI=1S/C3H3N4O/c4-2-1-5-7-3(8)6-2/h1H,(H2,4,6,8). The molecule has 1 aliphatic rings. The zero-order valence-electron chi connectivity index (χ0n) is 3.90. The van der Waals surface area contributed by atoms with E-state index in [9.17, 15) is 4.79 Å². The highest BCUT2D eigenvalue weighted by Gasteiger charge is 2.02. The molecule has 1 radical (unpaired) electrons. The van der Waals surface area contributed by atoms with Gasteiger partial charge in [0.05, 0.1) is 6.21 Å². The molecule has 0 aromatic rings. The summed E-state index contributed by atoms with van der Waals surface area (Å²) in [5.41, 5.74) is 8.09. The molecule has 0 saturated carbocycles. The van der Waals surface area contributed by atoms with E-state index in [-0.39, 0.29) is 5.84 Å². The van der Waals surface area contributed by atoms with Gasteiger partial charge in [-0.25, -0.2) is 4.79 Å². The molecule has 1 aliphatic heterocycles. The van der Waals surface area contributed by atoms with Crippen LogP contribution in [0.4, 0.5) is 4.79 Å². The minimum atomic E-state index is -0.648. The van der Waals surface area contributed by atoms with E-state index in [4.69, 9.17) is 5.73 Å². The fraction of sp³-hybridized carbons (Fsp3) is 0. The molecule has 0 saturated heterocycles. The molecule has 1 heterocycles. The zero-order valence-corrected chi connectivity index (χ0v) is 3.90. The lowest BCUT2D eigenvalue weighted by molar-refractivity contribution is 0.249. The summed E-state index contributed by atoms with van der Waals surface area (Å²) >= 11 is 0. The maximum atomic E-state index is 10.1. The maximum Gasteiger partial charge on any atom is 0.387 e. The molecule has 2 N–H and O–H groups in total. The van der Waals surface area contributed by atoms with Gasteiger partial charge < -0.3 is 5.73 Å². The van der Waals surface area contributed by atoms with Crippen molar-refractivity contribution in [1.29, 1.82) is 0 Å². The molecule has 0 spiro atoms. The Kier molecular flexibility index (Phi) is 0.957. The van der Waals surface area contributed by atoms with E-state index in [1.165, 1.54) is 6.21 Å². The largest absolute Gasteiger partial charge is 0.387 e. The second kappa shape index (κ2) is 1.61. The van der Waals surface area contributed by atoms with Crippen molar-refractivity contribution in [2.75, 3.05) is 0 Å². The number of carbonyl (C=O) groups is 1. The van der Waals surface area contributed by atoms with Crippen LogP contribution in [0.5, 0.6) is 0 Å². The van der Waals surface area contributed by atoms with Gasteiger partial charge in [0.25, 0.3) is 0 Å². The normalized spacial score (nSPS) is 17.5. The van der Waals surface area contributed by atoms with Crippen LogP contribution < -0.4 is 11.2 Å². The Morgan fingerprint density at radius 3 is 2.75 bits per heavy atom. The van der Waals surface area contributed by atoms with Crippen LogP contribution in [0, 0.1) is 0 Å². The Bertz CT molecular complexity index is 170. The quantitative estimate of drug-likeness (QED) is 0.438. The van der Waals surface area contributed by atoms with Gasteiger partial charge >= 0.3 is 6.03 Å². The molecule has 2 amide bonds. The predicted molar refractivity (Wildman–Crippen MR) is 27.6 cm³/mol. The van der Waals surface area contributed by atoms with E-state index in [1.54, 1.807) is 0 Å². The van der Waals surface area contributed by atoms with E-state index < -0.39 is 6.03 Å². The Hall–Kier alpha value is -1.39. The van der Waals surface area contributed by atoms with E-state index in [0.717, 1.165) is 0 Å². The first kappa shape index (κ1) is 4.76. The Morgan fingerprint density at radius 1 is 1.62 bits per heavy atom. The first-order valence-corrected chi connectivity index (χ1v) is 1.91. The molecule has 0 unspecified atom stereocenters. The van der Waals surface area contributed by atoms with Gasteiger partial charge in [-0.1, -0.05) is 5.43 Å². The third-order valence-electron chi connectivity index (χ3n) is 0.558. The van der Waals surface area contributed by atoms with Crippen LogP contribution in [0.1, 0.15) is 0 Å². The van der Waals surface area contributed by atoms with E-state index in [0.29, 0.717) is 0 Å². The Balaban J connectivity index is 2.77. The van der Waals surface area contributed by atoms with Crippen molar-refractivity contribution >= 4 is 18.1 Å². The van der Waals surface area contributed by atoms with Crippen LogP contribution >= 0.6 is 0 Å². The molecule has 0 aliphatic carbocycles. The van der Waals surface area contributed by atoms with E-state index >= 15 is 0 Å². The fourth-order valence-electron chi connectivity index (χ4n) is 0.299. The van der Waals surface area contributed by atoms with Gasteiger partial charge in [-0.05, 0) is 0 Å². The van der Waals surface area contributed by atoms with Gasteiger partial charge in [0.1, 0.15) is 5.84 Å². The molecule has 0 aromatic heterocycles. The van der Waals surface area contributed by atoms with Crippen LogP contribution in [0.2, 0.25) is 0 Å². The lowest BCUT2D eigenvalue weighted by atomic mass is 10.6. The first-order valence-electron chi connectivity index (χ1n) is 1.91. The third kappa shape index (κ3) is 0.810. The van der Waals surface area contributed by atoms with Crippen molar-refractivity contribution in [3.05, 3.63) is 0 Å². The summed E-state index contributed by atoms with van der Waals surface area (Å²) in [6.07, 6.45) is 1.21. The number of aliphatic imine (C=N–C) groups is 1. The number of nitrogens with zero attached hydrogens (tertiary/aromatic N) is 3. The molecular weight excluding hydrogens is 108 g/mol. The van der Waals surface area contributed by atoms with Crippen molar-refractivity contribution in [2.24, 2.45) is 15.8 Å². The highest BCUT2D eigenvalue weighted by molar-refractivity contribution is 6.31. The van der Waals surface area contributed by atoms with Gasteiger partial charge in [-0.3, -0.25) is 0 Å². The topological polar surface area (TPSA) is 81.9 Å². The van der Waals surface area contributed by atoms with Crippen molar-refractivity contribution < 1.29 is 4.79 Å². The highest BCUT2D eigenvalue weighted by Crippen LogP contribution is 1.80. The van der Waals surface area contributed by atoms with Crippen LogP contribution in [0.3, 0.4) is 0 Å². The summed E-state index contributed by atoms with van der Waals surface area (Å²) in [6.45, 7) is 0. The molecule has 41 valence electrons. The molecule has 5 nitrogen and oxygen atoms in total. The number of hydrogen-bond donors (Lipinski definition) is 1. The molecule has 0 aromatic carbocycles. The van der Waals surface area contributed by atoms with Crippen molar-refractivity contribution in [2.45, 2.75) is 0 Å². The van der Waals surface area contributed by atoms with Gasteiger partial charge in [0, 0.05) is 0 Å². The summed E-state index contributed by atoms with van der Waals surface area (Å²) in [5.74, 6) is 0.102. The number of rotatable bonds is 0. The average molecular weight is 111 g/mol. The lowest BCUT2D eigenvalue weighted by Crippen LogP contribution is -2.23. The molecule has 5 heteroatoms. The molecule has 8 heavy (non-hydrogen) atoms. The van der Waals surface area contributed by atoms with Gasteiger partial charge in [0.15, 0.2) is 0 Å². The fourth-order valence-corrected chi connectivity index (χ4v) is 0.299. The summed E-state index contributed by atoms with van der Waals surface area (Å²) in [4.78, 5) is 13.3. The summed E-state index contributed by atoms with van der Waals surface area (Å²) in [7, 11) is 0. The Morgan fingerprint density at radius 2 is 2.38 bits per heavy atom. The van der Waals surface area contributed by atoms with Crippen molar-refractivity contribution in [3.63, 3.8) is 0 Å². The molecule has 0 atom stereocenters. The number of carbonyl (C=O) groups excluding carboxylic acids is 1. The third-order valence-corrected chi connectivity index (χ3v) is 0.558. The summed E-state index contributed by atoms with van der Waals surface area (Å²) in [6, 6.07) is -0.648. The molecular formula is C3H3N4O. The number of hydrogen-bond acceptors (Lipinski definition) is 3. The average Bonchev–Trinajstić information content (AvgIpc) is 1.64. The maximum absolute atomic E-state index is 10.1. The monoisotopic (exact) mass is 111 g/mol. The molecule has 1 rings (SSSR count). The number of amides is 2. The number of nitrogens with two attached hydrogens (primary N) is 1. The summed E-state index contributed by atoms with van der Waals surface area (Å²) in [5, 5.41) is 3.23. The van der Waals surface area contributed by atoms with Gasteiger partial charge in [-0.15, -0.1) is 5.10 Å². The Labute approximate surface area is 45.3 Å². The summed E-state index contributed by atoms with van der Waals surface area (Å²) < 4.78 is 0. The van der Waals surface area contributed by atoms with Crippen LogP contribution in [0.25, 0.3) is 0 Å². The zero-order chi connectivity index (χ0) is 5.98. The van der Waals surface area contributed by atoms with Crippen LogP contribution in [-0.4, -0.2) is 18.1 Å². The van der Waals surface area contributed by atoms with Crippen LogP contribution in [-0.2, 0) is 0 Å². The minimum Gasteiger partial charge on any atom is -0.382 e. The number of urea groups is 1. The lowest BCUT2D eigenvalue weighted by Gasteiger charge is -1.94. The van der Waals surface area contributed by atoms with E-state index in [2.05, 4.69) is 15.5 Å². The number of amidine groups is 1. The second-order valence-corrected chi connectivity index (χ2v) is 1.16. The smallest absolute Gasteiger partial charge is 0.382 e. The van der Waals surface area contributed by atoms with E-state index in [1.807, 2.05) is 0 Å². The SMILES string of the molecule is NC1=NC(=O)[N]N=C1. The second-order valence-electron chi connectivity index (χ2n) is 1.16. The highest BCUT2D eigenvalue weighted by atomic mass is 16.2. The van der Waals surface area contributed by atoms with Crippen molar-refractivity contribution in [1.82, 2.24) is 5.43 Å². The van der Waals surface area contributed by atoms with Gasteiger partial charge in [-0.2, -0.15) is 4.99 Å². The predicted octanol–water partition coefficient (Wildman–Crippen LogP) is -0.933. The van der Waals surface area contributed by atoms with Crippen LogP contribution in [0.15, 0.2) is 10.1 Å². The van der Waals surface area contributed by atoms with Crippen molar-refractivity contribution in [3.8, 4) is 0 Å².